The third kappa shape index (κ3) is 4.48. The first-order valence-electron chi connectivity index (χ1n) is 9.91. The van der Waals surface area contributed by atoms with Gasteiger partial charge in [-0.3, -0.25) is 14.7 Å². The quantitative estimate of drug-likeness (QED) is 0.645. The van der Waals surface area contributed by atoms with Gasteiger partial charge in [0.15, 0.2) is 5.69 Å². The number of nitrogens with zero attached hydrogens (tertiary/aromatic N) is 4. The van der Waals surface area contributed by atoms with Crippen molar-refractivity contribution in [2.75, 3.05) is 30.5 Å². The molecule has 1 aliphatic rings. The molecule has 2 amide bonds. The first kappa shape index (κ1) is 20.3. The summed E-state index contributed by atoms with van der Waals surface area (Å²) in [6, 6.07) is 18.9. The van der Waals surface area contributed by atoms with Gasteiger partial charge in [-0.1, -0.05) is 30.3 Å². The first-order valence-corrected chi connectivity index (χ1v) is 9.91. The highest BCUT2D eigenvalue weighted by Crippen LogP contribution is 2.30. The number of hydrogen-bond donors (Lipinski definition) is 1. The number of anilines is 2. The van der Waals surface area contributed by atoms with Gasteiger partial charge in [0.2, 0.25) is 5.91 Å². The third-order valence-electron chi connectivity index (χ3n) is 5.12. The molecule has 8 heteroatoms. The maximum atomic E-state index is 12.7. The highest BCUT2D eigenvalue weighted by molar-refractivity contribution is 6.07. The van der Waals surface area contributed by atoms with E-state index >= 15 is 0 Å². The number of benzene rings is 2. The van der Waals surface area contributed by atoms with Crippen molar-refractivity contribution in [3.8, 4) is 5.75 Å². The second kappa shape index (κ2) is 8.83. The molecule has 0 spiro atoms. The zero-order valence-corrected chi connectivity index (χ0v) is 17.4. The van der Waals surface area contributed by atoms with Crippen molar-refractivity contribution in [3.63, 3.8) is 0 Å². The molecule has 158 valence electrons. The molecule has 4 rings (SSSR count). The minimum atomic E-state index is -0.663. The predicted molar refractivity (Wildman–Crippen MR) is 119 cm³/mol. The Morgan fingerprint density at radius 3 is 2.81 bits per heavy atom. The lowest BCUT2D eigenvalue weighted by Crippen LogP contribution is -2.34. The first-order chi connectivity index (χ1) is 15.0. The summed E-state index contributed by atoms with van der Waals surface area (Å²) in [4.78, 5) is 32.8. The molecule has 1 unspecified atom stereocenters. The second-order valence-electron chi connectivity index (χ2n) is 7.34. The molecule has 0 bridgehead atoms. The molecule has 8 nitrogen and oxygen atoms in total. The normalized spacial score (nSPS) is 16.0. The molecule has 1 aromatic heterocycles. The maximum absolute atomic E-state index is 12.7. The zero-order valence-electron chi connectivity index (χ0n) is 17.4. The molecule has 31 heavy (non-hydrogen) atoms. The average Bonchev–Trinajstić information content (AvgIpc) is 3.23. The van der Waals surface area contributed by atoms with Crippen LogP contribution in [-0.2, 0) is 11.3 Å². The molecule has 2 aromatic carbocycles. The van der Waals surface area contributed by atoms with E-state index < -0.39 is 11.8 Å². The van der Waals surface area contributed by atoms with Gasteiger partial charge in [0.05, 0.1) is 17.9 Å². The van der Waals surface area contributed by atoms with Gasteiger partial charge in [-0.25, -0.2) is 4.99 Å². The van der Waals surface area contributed by atoms with Crippen molar-refractivity contribution in [1.29, 1.82) is 0 Å². The van der Waals surface area contributed by atoms with Crippen molar-refractivity contribution >= 4 is 29.4 Å². The van der Waals surface area contributed by atoms with E-state index in [1.54, 1.807) is 13.1 Å². The summed E-state index contributed by atoms with van der Waals surface area (Å²) in [6.07, 6.45) is 1.34. The van der Waals surface area contributed by atoms with Crippen LogP contribution in [0.1, 0.15) is 16.2 Å². The van der Waals surface area contributed by atoms with Crippen LogP contribution in [0.5, 0.6) is 5.75 Å². The fourth-order valence-electron chi connectivity index (χ4n) is 3.39. The highest BCUT2D eigenvalue weighted by atomic mass is 16.5. The number of carbonyl (C=O) groups is 2. The number of nitrogens with one attached hydrogen (secondary N) is 1. The number of rotatable bonds is 5. The lowest BCUT2D eigenvalue weighted by molar-refractivity contribution is -0.120. The van der Waals surface area contributed by atoms with Crippen LogP contribution >= 0.6 is 0 Å². The SMILES string of the molecule is CN(Cc1cc(C(=O)/N=C/C2COc3ccccc3N(C)C2=O)n[nH]1)c1ccccc1. The largest absolute Gasteiger partial charge is 0.490 e. The Hall–Kier alpha value is -3.94. The molecule has 1 aliphatic heterocycles. The van der Waals surface area contributed by atoms with E-state index in [0.717, 1.165) is 11.4 Å². The van der Waals surface area contributed by atoms with Gasteiger partial charge in [-0.05, 0) is 30.3 Å². The number of aromatic amines is 1. The Kier molecular flexibility index (Phi) is 5.79. The highest BCUT2D eigenvalue weighted by Gasteiger charge is 2.28. The molecular formula is C23H23N5O3. The average molecular weight is 417 g/mol. The van der Waals surface area contributed by atoms with Crippen LogP contribution in [0.3, 0.4) is 0 Å². The summed E-state index contributed by atoms with van der Waals surface area (Å²) in [5.74, 6) is -0.736. The Bertz CT molecular complexity index is 1110. The van der Waals surface area contributed by atoms with Gasteiger partial charge < -0.3 is 14.5 Å². The standard InChI is InChI=1S/C23H23N5O3/c1-27(18-8-4-3-5-9-18)14-17-12-19(26-25-17)22(29)24-13-16-15-31-21-11-7-6-10-20(21)28(2)23(16)30/h3-13,16H,14-15H2,1-2H3,(H,25,26)/b24-13+. The number of ether oxygens (including phenoxy) is 1. The molecule has 1 N–H and O–H groups in total. The molecule has 2 heterocycles. The predicted octanol–water partition coefficient (Wildman–Crippen LogP) is 2.93. The number of carbonyl (C=O) groups excluding carboxylic acids is 2. The summed E-state index contributed by atoms with van der Waals surface area (Å²) in [7, 11) is 3.64. The Labute approximate surface area is 180 Å². The van der Waals surface area contributed by atoms with E-state index in [4.69, 9.17) is 4.74 Å². The fraction of sp³-hybridized carbons (Fsp3) is 0.217. The molecule has 0 radical (unpaired) electrons. The van der Waals surface area contributed by atoms with E-state index in [1.807, 2.05) is 66.5 Å². The number of aromatic nitrogens is 2. The molecule has 3 aromatic rings. The van der Waals surface area contributed by atoms with Gasteiger partial charge in [-0.2, -0.15) is 5.10 Å². The third-order valence-corrected chi connectivity index (χ3v) is 5.12. The van der Waals surface area contributed by atoms with Gasteiger partial charge in [0.25, 0.3) is 5.91 Å². The van der Waals surface area contributed by atoms with Gasteiger partial charge >= 0.3 is 0 Å². The summed E-state index contributed by atoms with van der Waals surface area (Å²) >= 11 is 0. The van der Waals surface area contributed by atoms with Crippen molar-refractivity contribution in [2.24, 2.45) is 10.9 Å². The van der Waals surface area contributed by atoms with Crippen LogP contribution in [0.25, 0.3) is 0 Å². The summed E-state index contributed by atoms with van der Waals surface area (Å²) in [5.41, 5.74) is 2.73. The van der Waals surface area contributed by atoms with Gasteiger partial charge in [0.1, 0.15) is 18.3 Å². The number of H-pyrrole nitrogens is 1. The van der Waals surface area contributed by atoms with Crippen LogP contribution in [0.15, 0.2) is 65.7 Å². The van der Waals surface area contributed by atoms with Gasteiger partial charge in [-0.15, -0.1) is 0 Å². The molecule has 0 saturated heterocycles. The van der Waals surface area contributed by atoms with Crippen LogP contribution < -0.4 is 14.5 Å². The monoisotopic (exact) mass is 417 g/mol. The van der Waals surface area contributed by atoms with E-state index in [1.165, 1.54) is 11.1 Å². The fourth-order valence-corrected chi connectivity index (χ4v) is 3.39. The summed E-state index contributed by atoms with van der Waals surface area (Å²) in [5, 5.41) is 6.95. The van der Waals surface area contributed by atoms with Crippen molar-refractivity contribution in [3.05, 3.63) is 72.1 Å². The lowest BCUT2D eigenvalue weighted by Gasteiger charge is -2.17. The molecule has 1 atom stereocenters. The zero-order chi connectivity index (χ0) is 21.8. The number of para-hydroxylation sites is 3. The molecule has 0 saturated carbocycles. The van der Waals surface area contributed by atoms with Crippen molar-refractivity contribution in [1.82, 2.24) is 10.2 Å². The topological polar surface area (TPSA) is 90.9 Å². The van der Waals surface area contributed by atoms with Crippen molar-refractivity contribution in [2.45, 2.75) is 6.54 Å². The minimum absolute atomic E-state index is 0.116. The Balaban J connectivity index is 1.41. The Morgan fingerprint density at radius 1 is 1.26 bits per heavy atom. The van der Waals surface area contributed by atoms with E-state index in [0.29, 0.717) is 18.0 Å². The van der Waals surface area contributed by atoms with Crippen LogP contribution in [0.4, 0.5) is 11.4 Å². The summed E-state index contributed by atoms with van der Waals surface area (Å²) < 4.78 is 5.74. The van der Waals surface area contributed by atoms with Crippen LogP contribution in [0.2, 0.25) is 0 Å². The van der Waals surface area contributed by atoms with Crippen LogP contribution in [-0.4, -0.2) is 48.9 Å². The number of aliphatic imine (C=N–C) groups is 1. The lowest BCUT2D eigenvalue weighted by atomic mass is 10.1. The maximum Gasteiger partial charge on any atom is 0.297 e. The van der Waals surface area contributed by atoms with E-state index in [2.05, 4.69) is 15.2 Å². The smallest absolute Gasteiger partial charge is 0.297 e. The van der Waals surface area contributed by atoms with Crippen molar-refractivity contribution < 1.29 is 14.3 Å². The minimum Gasteiger partial charge on any atom is -0.490 e. The Morgan fingerprint density at radius 2 is 2.00 bits per heavy atom. The van der Waals surface area contributed by atoms with Gasteiger partial charge in [0, 0.05) is 26.0 Å². The summed E-state index contributed by atoms with van der Waals surface area (Å²) in [6.45, 7) is 0.677. The number of amides is 2. The van der Waals surface area contributed by atoms with E-state index in [-0.39, 0.29) is 18.2 Å². The molecule has 0 fully saturated rings. The molecule has 0 aliphatic carbocycles. The molecular weight excluding hydrogens is 394 g/mol. The number of fused-ring (bicyclic) bond motifs is 1. The van der Waals surface area contributed by atoms with E-state index in [9.17, 15) is 9.59 Å². The van der Waals surface area contributed by atoms with Crippen LogP contribution in [0, 0.1) is 5.92 Å². The second-order valence-corrected chi connectivity index (χ2v) is 7.34. The number of hydrogen-bond acceptors (Lipinski definition) is 5.